The summed E-state index contributed by atoms with van der Waals surface area (Å²) in [5, 5.41) is 0. The van der Waals surface area contributed by atoms with E-state index in [0.717, 1.165) is 13.1 Å². The van der Waals surface area contributed by atoms with Crippen LogP contribution in [0, 0.1) is 5.92 Å². The topological polar surface area (TPSA) is 29.5 Å². The fraction of sp³-hybridized carbons (Fsp3) is 0.917. The Morgan fingerprint density at radius 3 is 2.07 bits per heavy atom. The highest BCUT2D eigenvalue weighted by atomic mass is 16.5. The Morgan fingerprint density at radius 1 is 1.20 bits per heavy atom. The highest BCUT2D eigenvalue weighted by Gasteiger charge is 2.22. The first-order chi connectivity index (χ1) is 7.06. The molecule has 0 rings (SSSR count). The number of carbonyl (C=O) groups is 1. The Morgan fingerprint density at radius 2 is 1.73 bits per heavy atom. The third-order valence-electron chi connectivity index (χ3n) is 2.73. The highest BCUT2D eigenvalue weighted by Crippen LogP contribution is 2.15. The molecule has 0 radical (unpaired) electrons. The van der Waals surface area contributed by atoms with Crippen molar-refractivity contribution < 1.29 is 9.53 Å². The summed E-state index contributed by atoms with van der Waals surface area (Å²) in [5.74, 6) is 0.400. The number of nitrogens with zero attached hydrogens (tertiary/aromatic N) is 1. The van der Waals surface area contributed by atoms with Crippen molar-refractivity contribution >= 4 is 5.97 Å². The summed E-state index contributed by atoms with van der Waals surface area (Å²) in [4.78, 5) is 13.8. The van der Waals surface area contributed by atoms with Gasteiger partial charge in [-0.1, -0.05) is 27.7 Å². The molecule has 1 atom stereocenters. The van der Waals surface area contributed by atoms with Crippen LogP contribution in [0.4, 0.5) is 0 Å². The number of rotatable bonds is 7. The maximum Gasteiger partial charge on any atom is 0.307 e. The molecule has 0 amide bonds. The van der Waals surface area contributed by atoms with E-state index in [1.54, 1.807) is 0 Å². The van der Waals surface area contributed by atoms with Crippen LogP contribution in [0.1, 0.15) is 41.0 Å². The SMILES string of the molecule is CCOC(=O)C[C@H](C(C)C)N(CC)CC. The van der Waals surface area contributed by atoms with Gasteiger partial charge in [-0.3, -0.25) is 4.79 Å². The van der Waals surface area contributed by atoms with Crippen molar-refractivity contribution in [2.75, 3.05) is 19.7 Å². The Labute approximate surface area is 93.8 Å². The van der Waals surface area contributed by atoms with Crippen molar-refractivity contribution in [3.63, 3.8) is 0 Å². The zero-order valence-corrected chi connectivity index (χ0v) is 10.7. The van der Waals surface area contributed by atoms with Crippen LogP contribution in [0.2, 0.25) is 0 Å². The molecular formula is C12H25NO2. The molecule has 0 saturated heterocycles. The van der Waals surface area contributed by atoms with E-state index in [1.807, 2.05) is 6.92 Å². The van der Waals surface area contributed by atoms with Gasteiger partial charge in [0.1, 0.15) is 0 Å². The Bertz CT molecular complexity index is 176. The summed E-state index contributed by atoms with van der Waals surface area (Å²) in [6.45, 7) is 12.9. The molecule has 0 spiro atoms. The van der Waals surface area contributed by atoms with Crippen LogP contribution in [0.3, 0.4) is 0 Å². The van der Waals surface area contributed by atoms with Crippen LogP contribution in [-0.4, -0.2) is 36.6 Å². The predicted molar refractivity (Wildman–Crippen MR) is 62.8 cm³/mol. The molecule has 0 bridgehead atoms. The third-order valence-corrected chi connectivity index (χ3v) is 2.73. The Kier molecular flexibility index (Phi) is 7.39. The van der Waals surface area contributed by atoms with Crippen LogP contribution < -0.4 is 0 Å². The molecule has 0 aliphatic rings. The monoisotopic (exact) mass is 215 g/mol. The summed E-state index contributed by atoms with van der Waals surface area (Å²) in [6.07, 6.45) is 0.507. The summed E-state index contributed by atoms with van der Waals surface area (Å²) < 4.78 is 5.00. The van der Waals surface area contributed by atoms with E-state index in [9.17, 15) is 4.79 Å². The summed E-state index contributed by atoms with van der Waals surface area (Å²) in [7, 11) is 0. The van der Waals surface area contributed by atoms with Gasteiger partial charge >= 0.3 is 5.97 Å². The molecule has 0 N–H and O–H groups in total. The van der Waals surface area contributed by atoms with Gasteiger partial charge < -0.3 is 9.64 Å². The standard InChI is InChI=1S/C12H25NO2/c1-6-13(7-2)11(10(4)5)9-12(14)15-8-3/h10-11H,6-9H2,1-5H3/t11-/m1/s1. The molecule has 15 heavy (non-hydrogen) atoms. The minimum absolute atomic E-state index is 0.0805. The molecule has 0 unspecified atom stereocenters. The van der Waals surface area contributed by atoms with E-state index >= 15 is 0 Å². The van der Waals surface area contributed by atoms with E-state index in [-0.39, 0.29) is 5.97 Å². The fourth-order valence-corrected chi connectivity index (χ4v) is 1.87. The third kappa shape index (κ3) is 5.17. The molecule has 0 aromatic carbocycles. The van der Waals surface area contributed by atoms with E-state index < -0.39 is 0 Å². The Hall–Kier alpha value is -0.570. The van der Waals surface area contributed by atoms with Crippen molar-refractivity contribution in [1.82, 2.24) is 4.90 Å². The van der Waals surface area contributed by atoms with Gasteiger partial charge in [-0.05, 0) is 25.9 Å². The lowest BCUT2D eigenvalue weighted by Crippen LogP contribution is -2.40. The second-order valence-electron chi connectivity index (χ2n) is 4.04. The molecule has 0 fully saturated rings. The second kappa shape index (κ2) is 7.69. The van der Waals surface area contributed by atoms with E-state index in [0.29, 0.717) is 25.0 Å². The van der Waals surface area contributed by atoms with Crippen molar-refractivity contribution in [1.29, 1.82) is 0 Å². The molecule has 0 heterocycles. The summed E-state index contributed by atoms with van der Waals surface area (Å²) in [5.41, 5.74) is 0. The predicted octanol–water partition coefficient (Wildman–Crippen LogP) is 2.31. The van der Waals surface area contributed by atoms with Gasteiger partial charge in [0.25, 0.3) is 0 Å². The minimum Gasteiger partial charge on any atom is -0.466 e. The van der Waals surface area contributed by atoms with Crippen LogP contribution in [0.25, 0.3) is 0 Å². The number of hydrogen-bond acceptors (Lipinski definition) is 3. The minimum atomic E-state index is -0.0805. The summed E-state index contributed by atoms with van der Waals surface area (Å²) in [6, 6.07) is 0.305. The molecule has 0 aromatic rings. The zero-order chi connectivity index (χ0) is 11.8. The number of hydrogen-bond donors (Lipinski definition) is 0. The lowest BCUT2D eigenvalue weighted by molar-refractivity contribution is -0.145. The van der Waals surface area contributed by atoms with Crippen LogP contribution in [0.5, 0.6) is 0 Å². The van der Waals surface area contributed by atoms with Gasteiger partial charge in [-0.25, -0.2) is 0 Å². The molecule has 0 aliphatic carbocycles. The lowest BCUT2D eigenvalue weighted by atomic mass is 9.99. The average molecular weight is 215 g/mol. The first-order valence-corrected chi connectivity index (χ1v) is 5.96. The maximum atomic E-state index is 11.4. The first-order valence-electron chi connectivity index (χ1n) is 5.96. The van der Waals surface area contributed by atoms with E-state index in [4.69, 9.17) is 4.74 Å². The molecule has 3 nitrogen and oxygen atoms in total. The number of carbonyl (C=O) groups excluding carboxylic acids is 1. The Balaban J connectivity index is 4.32. The smallest absolute Gasteiger partial charge is 0.307 e. The molecule has 0 saturated carbocycles. The zero-order valence-electron chi connectivity index (χ0n) is 10.7. The molecule has 3 heteroatoms. The first kappa shape index (κ1) is 14.4. The van der Waals surface area contributed by atoms with Gasteiger partial charge in [0.05, 0.1) is 13.0 Å². The second-order valence-corrected chi connectivity index (χ2v) is 4.04. The molecule has 90 valence electrons. The van der Waals surface area contributed by atoms with Gasteiger partial charge in [0, 0.05) is 6.04 Å². The van der Waals surface area contributed by atoms with Crippen LogP contribution >= 0.6 is 0 Å². The molecular weight excluding hydrogens is 190 g/mol. The average Bonchev–Trinajstić information content (AvgIpc) is 2.18. The molecule has 0 aromatic heterocycles. The number of ether oxygens (including phenoxy) is 1. The normalized spacial score (nSPS) is 13.3. The molecule has 0 aliphatic heterocycles. The van der Waals surface area contributed by atoms with Crippen molar-refractivity contribution in [3.8, 4) is 0 Å². The van der Waals surface area contributed by atoms with Gasteiger partial charge in [0.2, 0.25) is 0 Å². The largest absolute Gasteiger partial charge is 0.466 e. The highest BCUT2D eigenvalue weighted by molar-refractivity contribution is 5.70. The quantitative estimate of drug-likeness (QED) is 0.610. The van der Waals surface area contributed by atoms with Gasteiger partial charge in [-0.15, -0.1) is 0 Å². The van der Waals surface area contributed by atoms with Gasteiger partial charge in [0.15, 0.2) is 0 Å². The van der Waals surface area contributed by atoms with E-state index in [1.165, 1.54) is 0 Å². The number of esters is 1. The van der Waals surface area contributed by atoms with Crippen molar-refractivity contribution in [2.45, 2.75) is 47.1 Å². The fourth-order valence-electron chi connectivity index (χ4n) is 1.87. The van der Waals surface area contributed by atoms with Gasteiger partial charge in [-0.2, -0.15) is 0 Å². The van der Waals surface area contributed by atoms with Crippen molar-refractivity contribution in [3.05, 3.63) is 0 Å². The van der Waals surface area contributed by atoms with Crippen molar-refractivity contribution in [2.24, 2.45) is 5.92 Å². The summed E-state index contributed by atoms with van der Waals surface area (Å²) >= 11 is 0. The van der Waals surface area contributed by atoms with E-state index in [2.05, 4.69) is 32.6 Å². The van der Waals surface area contributed by atoms with Crippen LogP contribution in [0.15, 0.2) is 0 Å². The van der Waals surface area contributed by atoms with Crippen LogP contribution in [-0.2, 0) is 9.53 Å². The lowest BCUT2D eigenvalue weighted by Gasteiger charge is -2.31. The maximum absolute atomic E-state index is 11.4.